The Morgan fingerprint density at radius 2 is 0.885 bits per heavy atom. The Morgan fingerprint density at radius 1 is 0.423 bits per heavy atom. The second-order valence-electron chi connectivity index (χ2n) is 14.3. The number of hydrogen-bond acceptors (Lipinski definition) is 4. The molecule has 0 spiro atoms. The standard InChI is InChI=1S/C47H42N3OP/c1-52(2,51)43-28-24-35(25-29-43)39-19-13-21-42(33-39)47(30-10-5-11-31-47)41-26-22-37(23-27-41)45-48-44(36-16-8-4-9-17-36)49-46(50-45)40-20-12-18-38(32-40)34-14-6-3-7-15-34/h3-4,6-9,12-29,32-33H,5,10-11,30-31H2,1-2H3. The number of aromatic nitrogens is 3. The smallest absolute Gasteiger partial charge is 0.164 e. The molecular weight excluding hydrogens is 654 g/mol. The first-order chi connectivity index (χ1) is 25.4. The fourth-order valence-corrected chi connectivity index (χ4v) is 8.53. The molecule has 256 valence electrons. The van der Waals surface area contributed by atoms with Crippen LogP contribution in [0.15, 0.2) is 158 Å². The third-order valence-corrected chi connectivity index (χ3v) is 12.1. The van der Waals surface area contributed by atoms with Gasteiger partial charge in [0.1, 0.15) is 7.14 Å². The highest BCUT2D eigenvalue weighted by molar-refractivity contribution is 7.70. The van der Waals surface area contributed by atoms with Crippen molar-refractivity contribution in [1.82, 2.24) is 15.0 Å². The zero-order valence-electron chi connectivity index (χ0n) is 29.7. The van der Waals surface area contributed by atoms with Crippen molar-refractivity contribution in [2.75, 3.05) is 13.3 Å². The quantitative estimate of drug-likeness (QED) is 0.149. The van der Waals surface area contributed by atoms with Crippen LogP contribution in [-0.4, -0.2) is 28.3 Å². The summed E-state index contributed by atoms with van der Waals surface area (Å²) in [6.45, 7) is 3.65. The van der Waals surface area contributed by atoms with E-state index in [-0.39, 0.29) is 5.41 Å². The van der Waals surface area contributed by atoms with Gasteiger partial charge in [-0.05, 0) is 65.6 Å². The number of benzene rings is 6. The third-order valence-electron chi connectivity index (χ3n) is 10.5. The molecule has 5 heteroatoms. The lowest BCUT2D eigenvalue weighted by atomic mass is 9.65. The second-order valence-corrected chi connectivity index (χ2v) is 17.5. The van der Waals surface area contributed by atoms with Gasteiger partial charge in [-0.1, -0.05) is 171 Å². The van der Waals surface area contributed by atoms with Gasteiger partial charge < -0.3 is 4.57 Å². The fraction of sp³-hybridized carbons (Fsp3) is 0.170. The highest BCUT2D eigenvalue weighted by Gasteiger charge is 2.36. The largest absolute Gasteiger partial charge is 0.319 e. The fourth-order valence-electron chi connectivity index (χ4n) is 7.67. The van der Waals surface area contributed by atoms with Gasteiger partial charge in [0.25, 0.3) is 0 Å². The van der Waals surface area contributed by atoms with Crippen LogP contribution in [0.1, 0.15) is 43.2 Å². The summed E-state index contributed by atoms with van der Waals surface area (Å²) in [5.74, 6) is 1.97. The van der Waals surface area contributed by atoms with E-state index in [1.807, 2.05) is 61.9 Å². The van der Waals surface area contributed by atoms with Crippen LogP contribution in [0.5, 0.6) is 0 Å². The predicted octanol–water partition coefficient (Wildman–Crippen LogP) is 11.7. The van der Waals surface area contributed by atoms with Crippen molar-refractivity contribution >= 4 is 12.4 Å². The van der Waals surface area contributed by atoms with E-state index in [1.54, 1.807) is 0 Å². The Bertz CT molecular complexity index is 2360. The molecule has 0 unspecified atom stereocenters. The zero-order chi connectivity index (χ0) is 35.5. The van der Waals surface area contributed by atoms with Gasteiger partial charge in [-0.2, -0.15) is 0 Å². The topological polar surface area (TPSA) is 55.7 Å². The minimum absolute atomic E-state index is 0.0768. The van der Waals surface area contributed by atoms with Crippen LogP contribution in [0.25, 0.3) is 56.4 Å². The summed E-state index contributed by atoms with van der Waals surface area (Å²) in [5.41, 5.74) is 10.1. The predicted molar refractivity (Wildman–Crippen MR) is 216 cm³/mol. The molecule has 6 aromatic carbocycles. The summed E-state index contributed by atoms with van der Waals surface area (Å²) < 4.78 is 12.7. The first-order valence-electron chi connectivity index (χ1n) is 18.2. The maximum atomic E-state index is 12.7. The first-order valence-corrected chi connectivity index (χ1v) is 20.8. The molecular formula is C47H42N3OP. The van der Waals surface area contributed by atoms with Crippen LogP contribution in [0.3, 0.4) is 0 Å². The SMILES string of the molecule is CP(C)(=O)c1ccc(-c2cccc(C3(c4ccc(-c5nc(-c6ccccc6)nc(-c6cccc(-c7ccccc7)c6)n5)cc4)CCCCC3)c2)cc1. The van der Waals surface area contributed by atoms with Crippen LogP contribution in [-0.2, 0) is 9.98 Å². The van der Waals surface area contributed by atoms with Crippen molar-refractivity contribution in [3.05, 3.63) is 169 Å². The van der Waals surface area contributed by atoms with Gasteiger partial charge in [0.05, 0.1) is 0 Å². The Labute approximate surface area is 307 Å². The Kier molecular flexibility index (Phi) is 9.26. The van der Waals surface area contributed by atoms with Crippen LogP contribution in [0.4, 0.5) is 0 Å². The van der Waals surface area contributed by atoms with E-state index in [2.05, 4.69) is 109 Å². The molecule has 0 N–H and O–H groups in total. The molecule has 1 aliphatic carbocycles. The highest BCUT2D eigenvalue weighted by atomic mass is 31.2. The summed E-state index contributed by atoms with van der Waals surface area (Å²) in [6, 6.07) is 55.3. The maximum Gasteiger partial charge on any atom is 0.164 e. The van der Waals surface area contributed by atoms with Gasteiger partial charge in [0.2, 0.25) is 0 Å². The van der Waals surface area contributed by atoms with Gasteiger partial charge in [0.15, 0.2) is 17.5 Å². The molecule has 1 saturated carbocycles. The monoisotopic (exact) mass is 695 g/mol. The van der Waals surface area contributed by atoms with E-state index < -0.39 is 7.14 Å². The molecule has 8 rings (SSSR count). The van der Waals surface area contributed by atoms with Crippen molar-refractivity contribution in [3.8, 4) is 56.4 Å². The molecule has 0 atom stereocenters. The molecule has 0 aliphatic heterocycles. The van der Waals surface area contributed by atoms with Crippen LogP contribution in [0.2, 0.25) is 0 Å². The molecule has 1 aliphatic rings. The summed E-state index contributed by atoms with van der Waals surface area (Å²) in [5, 5.41) is 0.915. The number of hydrogen-bond donors (Lipinski definition) is 0. The molecule has 0 radical (unpaired) electrons. The van der Waals surface area contributed by atoms with E-state index in [1.165, 1.54) is 36.0 Å². The lowest BCUT2D eigenvalue weighted by molar-refractivity contribution is 0.346. The summed E-state index contributed by atoms with van der Waals surface area (Å²) in [7, 11) is -2.30. The van der Waals surface area contributed by atoms with E-state index in [9.17, 15) is 4.57 Å². The highest BCUT2D eigenvalue weighted by Crippen LogP contribution is 2.46. The van der Waals surface area contributed by atoms with Gasteiger partial charge in [0, 0.05) is 27.4 Å². The molecule has 1 fully saturated rings. The first kappa shape index (κ1) is 33.7. The van der Waals surface area contributed by atoms with E-state index >= 15 is 0 Å². The Hall–Kier alpha value is -5.44. The van der Waals surface area contributed by atoms with Crippen molar-refractivity contribution in [1.29, 1.82) is 0 Å². The minimum Gasteiger partial charge on any atom is -0.319 e. The second kappa shape index (κ2) is 14.3. The Balaban J connectivity index is 1.17. The third kappa shape index (κ3) is 6.92. The van der Waals surface area contributed by atoms with Gasteiger partial charge in [-0.3, -0.25) is 0 Å². The number of nitrogens with zero attached hydrogens (tertiary/aromatic N) is 3. The molecule has 4 nitrogen and oxygen atoms in total. The van der Waals surface area contributed by atoms with Crippen molar-refractivity contribution < 1.29 is 4.57 Å². The van der Waals surface area contributed by atoms with Crippen LogP contribution in [0, 0.1) is 0 Å². The van der Waals surface area contributed by atoms with Gasteiger partial charge in [-0.25, -0.2) is 15.0 Å². The molecule has 0 amide bonds. The van der Waals surface area contributed by atoms with Crippen LogP contribution >= 0.6 is 7.14 Å². The average molecular weight is 696 g/mol. The summed E-state index contributed by atoms with van der Waals surface area (Å²) >= 11 is 0. The lowest BCUT2D eigenvalue weighted by Crippen LogP contribution is -2.30. The lowest BCUT2D eigenvalue weighted by Gasteiger charge is -2.39. The van der Waals surface area contributed by atoms with Crippen molar-refractivity contribution in [2.24, 2.45) is 0 Å². The van der Waals surface area contributed by atoms with Crippen molar-refractivity contribution in [3.63, 3.8) is 0 Å². The van der Waals surface area contributed by atoms with E-state index in [0.717, 1.165) is 51.5 Å². The Morgan fingerprint density at radius 3 is 1.50 bits per heavy atom. The normalized spacial score (nSPS) is 14.2. The summed E-state index contributed by atoms with van der Waals surface area (Å²) in [6.07, 6.45) is 5.87. The van der Waals surface area contributed by atoms with E-state index in [4.69, 9.17) is 15.0 Å². The summed E-state index contributed by atoms with van der Waals surface area (Å²) in [4.78, 5) is 15.1. The van der Waals surface area contributed by atoms with Gasteiger partial charge in [-0.15, -0.1) is 0 Å². The molecule has 0 bridgehead atoms. The molecule has 1 heterocycles. The average Bonchev–Trinajstić information content (AvgIpc) is 3.21. The molecule has 7 aromatic rings. The maximum absolute atomic E-state index is 12.7. The van der Waals surface area contributed by atoms with Crippen molar-refractivity contribution in [2.45, 2.75) is 37.5 Å². The molecule has 0 saturated heterocycles. The van der Waals surface area contributed by atoms with Crippen LogP contribution < -0.4 is 5.30 Å². The van der Waals surface area contributed by atoms with Gasteiger partial charge >= 0.3 is 0 Å². The van der Waals surface area contributed by atoms with E-state index in [0.29, 0.717) is 17.5 Å². The molecule has 52 heavy (non-hydrogen) atoms. The minimum atomic E-state index is -2.30. The molecule has 1 aromatic heterocycles. The zero-order valence-corrected chi connectivity index (χ0v) is 30.6. The number of rotatable bonds is 8.